The first-order chi connectivity index (χ1) is 13.9. The number of amides is 2. The van der Waals surface area contributed by atoms with Crippen LogP contribution in [0.25, 0.3) is 0 Å². The summed E-state index contributed by atoms with van der Waals surface area (Å²) in [5, 5.41) is 2.94. The molecule has 2 amide bonds. The van der Waals surface area contributed by atoms with E-state index in [1.54, 1.807) is 18.2 Å². The monoisotopic (exact) mass is 400 g/mol. The van der Waals surface area contributed by atoms with Crippen molar-refractivity contribution in [1.29, 1.82) is 0 Å². The number of hydrogen-bond acceptors (Lipinski definition) is 2. The van der Waals surface area contributed by atoms with Gasteiger partial charge < -0.3 is 10.2 Å². The van der Waals surface area contributed by atoms with Crippen LogP contribution in [0.5, 0.6) is 0 Å². The van der Waals surface area contributed by atoms with Crippen LogP contribution in [0.2, 0.25) is 0 Å². The van der Waals surface area contributed by atoms with Crippen LogP contribution in [0.1, 0.15) is 42.1 Å². The third kappa shape index (κ3) is 5.00. The van der Waals surface area contributed by atoms with Crippen molar-refractivity contribution in [2.24, 2.45) is 11.8 Å². The highest BCUT2D eigenvalue weighted by molar-refractivity contribution is 5.95. The zero-order valence-electron chi connectivity index (χ0n) is 16.7. The fourth-order valence-electron chi connectivity index (χ4n) is 3.73. The molecule has 1 heterocycles. The van der Waals surface area contributed by atoms with Crippen molar-refractivity contribution in [1.82, 2.24) is 10.2 Å². The third-order valence-electron chi connectivity index (χ3n) is 5.35. The van der Waals surface area contributed by atoms with Gasteiger partial charge >= 0.3 is 0 Å². The molecule has 1 N–H and O–H groups in total. The van der Waals surface area contributed by atoms with E-state index in [0.717, 1.165) is 6.42 Å². The quantitative estimate of drug-likeness (QED) is 0.797. The van der Waals surface area contributed by atoms with Crippen LogP contribution in [0, 0.1) is 23.5 Å². The molecule has 4 nitrogen and oxygen atoms in total. The number of nitrogens with zero attached hydrogens (tertiary/aromatic N) is 1. The molecule has 29 heavy (non-hydrogen) atoms. The standard InChI is InChI=1S/C23H26F2N2O2/c1-15(2)10-11-26-22(28)20-14-27(23(29)18-8-3-4-9-21(18)25)13-19(20)16-6-5-7-17(24)12-16/h3-9,12,15,19-20H,10-11,13-14H2,1-2H3,(H,26,28)/t19-,20+/m0/s1. The molecule has 0 saturated carbocycles. The molecule has 2 atom stereocenters. The summed E-state index contributed by atoms with van der Waals surface area (Å²) in [6.07, 6.45) is 0.848. The van der Waals surface area contributed by atoms with Crippen molar-refractivity contribution in [2.75, 3.05) is 19.6 Å². The Morgan fingerprint density at radius 1 is 1.10 bits per heavy atom. The van der Waals surface area contributed by atoms with Crippen molar-refractivity contribution in [3.8, 4) is 0 Å². The van der Waals surface area contributed by atoms with E-state index in [9.17, 15) is 18.4 Å². The minimum atomic E-state index is -0.593. The van der Waals surface area contributed by atoms with Gasteiger partial charge in [0.05, 0.1) is 11.5 Å². The van der Waals surface area contributed by atoms with Crippen LogP contribution in [0.15, 0.2) is 48.5 Å². The molecule has 0 spiro atoms. The zero-order chi connectivity index (χ0) is 21.0. The lowest BCUT2D eigenvalue weighted by Crippen LogP contribution is -2.36. The lowest BCUT2D eigenvalue weighted by Gasteiger charge is -2.18. The summed E-state index contributed by atoms with van der Waals surface area (Å²) >= 11 is 0. The maximum absolute atomic E-state index is 14.1. The number of nitrogens with one attached hydrogen (secondary N) is 1. The lowest BCUT2D eigenvalue weighted by molar-refractivity contribution is -0.124. The van der Waals surface area contributed by atoms with E-state index in [1.165, 1.54) is 35.2 Å². The summed E-state index contributed by atoms with van der Waals surface area (Å²) < 4.78 is 27.9. The minimum Gasteiger partial charge on any atom is -0.356 e. The average molecular weight is 400 g/mol. The van der Waals surface area contributed by atoms with Crippen molar-refractivity contribution in [3.63, 3.8) is 0 Å². The Kier molecular flexibility index (Phi) is 6.62. The molecule has 2 aromatic rings. The van der Waals surface area contributed by atoms with E-state index >= 15 is 0 Å². The van der Waals surface area contributed by atoms with Crippen LogP contribution in [-0.2, 0) is 4.79 Å². The molecular formula is C23H26F2N2O2. The Morgan fingerprint density at radius 3 is 2.55 bits per heavy atom. The van der Waals surface area contributed by atoms with Crippen LogP contribution in [-0.4, -0.2) is 36.3 Å². The number of likely N-dealkylation sites (tertiary alicyclic amines) is 1. The molecule has 2 aromatic carbocycles. The second-order valence-corrected chi connectivity index (χ2v) is 7.93. The molecule has 1 aliphatic rings. The van der Waals surface area contributed by atoms with Crippen molar-refractivity contribution >= 4 is 11.8 Å². The van der Waals surface area contributed by atoms with E-state index in [2.05, 4.69) is 19.2 Å². The highest BCUT2D eigenvalue weighted by Gasteiger charge is 2.41. The van der Waals surface area contributed by atoms with E-state index in [0.29, 0.717) is 18.0 Å². The fraction of sp³-hybridized carbons (Fsp3) is 0.391. The zero-order valence-corrected chi connectivity index (χ0v) is 16.7. The number of benzene rings is 2. The first kappa shape index (κ1) is 21.0. The molecule has 0 aliphatic carbocycles. The van der Waals surface area contributed by atoms with Crippen molar-refractivity contribution < 1.29 is 18.4 Å². The Bertz CT molecular complexity index is 885. The maximum Gasteiger partial charge on any atom is 0.256 e. The second-order valence-electron chi connectivity index (χ2n) is 7.93. The second kappa shape index (κ2) is 9.16. The van der Waals surface area contributed by atoms with Gasteiger partial charge in [-0.3, -0.25) is 9.59 Å². The molecule has 3 rings (SSSR count). The summed E-state index contributed by atoms with van der Waals surface area (Å²) in [5.74, 6) is -2.01. The fourth-order valence-corrected chi connectivity index (χ4v) is 3.73. The predicted octanol–water partition coefficient (Wildman–Crippen LogP) is 3.98. The van der Waals surface area contributed by atoms with Gasteiger partial charge in [-0.05, 0) is 42.2 Å². The predicted molar refractivity (Wildman–Crippen MR) is 107 cm³/mol. The molecular weight excluding hydrogens is 374 g/mol. The first-order valence-electron chi connectivity index (χ1n) is 9.93. The molecule has 6 heteroatoms. The van der Waals surface area contributed by atoms with Gasteiger partial charge in [0.2, 0.25) is 5.91 Å². The molecule has 0 aromatic heterocycles. The Morgan fingerprint density at radius 2 is 1.86 bits per heavy atom. The van der Waals surface area contributed by atoms with Gasteiger partial charge in [0.25, 0.3) is 5.91 Å². The number of carbonyl (C=O) groups excluding carboxylic acids is 2. The van der Waals surface area contributed by atoms with Gasteiger partial charge in [0.15, 0.2) is 0 Å². The molecule has 0 unspecified atom stereocenters. The highest BCUT2D eigenvalue weighted by atomic mass is 19.1. The largest absolute Gasteiger partial charge is 0.356 e. The topological polar surface area (TPSA) is 49.4 Å². The molecule has 0 radical (unpaired) electrons. The molecule has 1 saturated heterocycles. The molecule has 154 valence electrons. The van der Waals surface area contributed by atoms with E-state index < -0.39 is 17.6 Å². The van der Waals surface area contributed by atoms with Crippen LogP contribution in [0.4, 0.5) is 8.78 Å². The average Bonchev–Trinajstić information content (AvgIpc) is 3.13. The number of halogens is 2. The Hall–Kier alpha value is -2.76. The molecule has 1 aliphatic heterocycles. The minimum absolute atomic E-state index is 0.0219. The van der Waals surface area contributed by atoms with Crippen LogP contribution in [0.3, 0.4) is 0 Å². The van der Waals surface area contributed by atoms with Crippen molar-refractivity contribution in [3.05, 3.63) is 71.3 Å². The number of hydrogen-bond donors (Lipinski definition) is 1. The highest BCUT2D eigenvalue weighted by Crippen LogP contribution is 2.34. The normalized spacial score (nSPS) is 18.9. The van der Waals surface area contributed by atoms with Gasteiger partial charge in [-0.25, -0.2) is 8.78 Å². The van der Waals surface area contributed by atoms with Gasteiger partial charge in [0, 0.05) is 25.6 Å². The van der Waals surface area contributed by atoms with Gasteiger partial charge in [-0.1, -0.05) is 38.1 Å². The van der Waals surface area contributed by atoms with E-state index in [1.807, 2.05) is 0 Å². The SMILES string of the molecule is CC(C)CCNC(=O)[C@@H]1CN(C(=O)c2ccccc2F)C[C@H]1c1cccc(F)c1. The summed E-state index contributed by atoms with van der Waals surface area (Å²) in [7, 11) is 0. The molecule has 1 fully saturated rings. The van der Waals surface area contributed by atoms with Crippen LogP contribution < -0.4 is 5.32 Å². The lowest BCUT2D eigenvalue weighted by atomic mass is 9.88. The van der Waals surface area contributed by atoms with Gasteiger partial charge in [-0.15, -0.1) is 0 Å². The summed E-state index contributed by atoms with van der Waals surface area (Å²) in [5.41, 5.74) is 0.643. The Labute approximate surface area is 169 Å². The summed E-state index contributed by atoms with van der Waals surface area (Å²) in [6.45, 7) is 5.10. The third-order valence-corrected chi connectivity index (χ3v) is 5.35. The number of rotatable bonds is 6. The Balaban J connectivity index is 1.82. The van der Waals surface area contributed by atoms with Gasteiger partial charge in [0.1, 0.15) is 11.6 Å². The van der Waals surface area contributed by atoms with Crippen LogP contribution >= 0.6 is 0 Å². The van der Waals surface area contributed by atoms with E-state index in [4.69, 9.17) is 0 Å². The smallest absolute Gasteiger partial charge is 0.256 e. The maximum atomic E-state index is 14.1. The first-order valence-corrected chi connectivity index (χ1v) is 9.93. The van der Waals surface area contributed by atoms with Gasteiger partial charge in [-0.2, -0.15) is 0 Å². The van der Waals surface area contributed by atoms with E-state index in [-0.39, 0.29) is 36.3 Å². The summed E-state index contributed by atoms with van der Waals surface area (Å²) in [6, 6.07) is 11.9. The molecule has 0 bridgehead atoms. The van der Waals surface area contributed by atoms with Crippen molar-refractivity contribution in [2.45, 2.75) is 26.2 Å². The summed E-state index contributed by atoms with van der Waals surface area (Å²) in [4.78, 5) is 27.2. The number of carbonyl (C=O) groups is 2.